The quantitative estimate of drug-likeness (QED) is 0.593. The lowest BCUT2D eigenvalue weighted by Crippen LogP contribution is -2.44. The molecule has 2 amide bonds. The third-order valence-electron chi connectivity index (χ3n) is 2.33. The molecule has 0 aromatic carbocycles. The summed E-state index contributed by atoms with van der Waals surface area (Å²) < 4.78 is 4.94. The number of carbonyl (C=O) groups excluding carboxylic acids is 2. The summed E-state index contributed by atoms with van der Waals surface area (Å²) in [5.41, 5.74) is 0. The van der Waals surface area contributed by atoms with Crippen LogP contribution in [0, 0.1) is 0 Å². The summed E-state index contributed by atoms with van der Waals surface area (Å²) in [4.78, 5) is 23.2. The number of hydrogen-bond acceptors (Lipinski definition) is 3. The summed E-state index contributed by atoms with van der Waals surface area (Å²) in [5.74, 6) is -0.404. The molecular weight excluding hydrogens is 232 g/mol. The zero-order valence-corrected chi connectivity index (χ0v) is 10.6. The van der Waals surface area contributed by atoms with Crippen LogP contribution in [0.4, 0.5) is 0 Å². The molecule has 0 bridgehead atoms. The largest absolute Gasteiger partial charge is 0.459 e. The minimum Gasteiger partial charge on any atom is -0.459 e. The van der Waals surface area contributed by atoms with E-state index < -0.39 is 11.9 Å². The van der Waals surface area contributed by atoms with E-state index in [9.17, 15) is 9.59 Å². The van der Waals surface area contributed by atoms with Crippen LogP contribution in [-0.2, 0) is 4.79 Å². The van der Waals surface area contributed by atoms with E-state index in [-0.39, 0.29) is 11.7 Å². The highest BCUT2D eigenvalue weighted by molar-refractivity contribution is 5.95. The molecule has 0 saturated carbocycles. The maximum atomic E-state index is 11.6. The van der Waals surface area contributed by atoms with Crippen molar-refractivity contribution in [1.29, 1.82) is 0 Å². The molecule has 1 heterocycles. The Hall–Kier alpha value is -2.04. The van der Waals surface area contributed by atoms with Gasteiger partial charge in [0.1, 0.15) is 6.04 Å². The Kier molecular flexibility index (Phi) is 5.70. The van der Waals surface area contributed by atoms with Crippen LogP contribution in [0.5, 0.6) is 0 Å². The first-order valence-corrected chi connectivity index (χ1v) is 5.88. The average Bonchev–Trinajstić information content (AvgIpc) is 2.88. The van der Waals surface area contributed by atoms with E-state index in [1.54, 1.807) is 19.1 Å². The number of hydrogen-bond donors (Lipinski definition) is 2. The van der Waals surface area contributed by atoms with Crippen molar-refractivity contribution in [3.8, 4) is 0 Å². The summed E-state index contributed by atoms with van der Waals surface area (Å²) in [5, 5.41) is 5.29. The molecule has 0 fully saturated rings. The zero-order chi connectivity index (χ0) is 13.4. The maximum absolute atomic E-state index is 11.6. The summed E-state index contributed by atoms with van der Waals surface area (Å²) in [6.45, 7) is 4.12. The Morgan fingerprint density at radius 1 is 1.50 bits per heavy atom. The third-order valence-corrected chi connectivity index (χ3v) is 2.33. The molecule has 0 aliphatic rings. The van der Waals surface area contributed by atoms with Gasteiger partial charge in [0.05, 0.1) is 6.26 Å². The first-order chi connectivity index (χ1) is 8.65. The minimum atomic E-state index is -0.590. The van der Waals surface area contributed by atoms with Gasteiger partial charge in [-0.05, 0) is 32.4 Å². The zero-order valence-electron chi connectivity index (χ0n) is 10.6. The van der Waals surface area contributed by atoms with Gasteiger partial charge in [-0.25, -0.2) is 0 Å². The van der Waals surface area contributed by atoms with Gasteiger partial charge in [-0.2, -0.15) is 0 Å². The highest BCUT2D eigenvalue weighted by Crippen LogP contribution is 1.99. The van der Waals surface area contributed by atoms with Crippen LogP contribution in [-0.4, -0.2) is 24.4 Å². The number of rotatable bonds is 6. The second-order valence-electron chi connectivity index (χ2n) is 3.82. The van der Waals surface area contributed by atoms with Crippen molar-refractivity contribution < 1.29 is 14.0 Å². The van der Waals surface area contributed by atoms with Gasteiger partial charge >= 0.3 is 0 Å². The number of nitrogens with one attached hydrogen (secondary N) is 2. The van der Waals surface area contributed by atoms with Gasteiger partial charge in [0.25, 0.3) is 5.91 Å². The molecule has 5 nitrogen and oxygen atoms in total. The monoisotopic (exact) mass is 250 g/mol. The van der Waals surface area contributed by atoms with Crippen LogP contribution in [0.15, 0.2) is 35.0 Å². The van der Waals surface area contributed by atoms with E-state index in [1.807, 2.05) is 19.1 Å². The lowest BCUT2D eigenvalue weighted by molar-refractivity contribution is -0.122. The normalized spacial score (nSPS) is 12.3. The SMILES string of the molecule is C/C=C/CCNC(=O)C(C)NC(=O)c1ccco1. The van der Waals surface area contributed by atoms with Crippen molar-refractivity contribution in [2.24, 2.45) is 0 Å². The molecule has 0 saturated heterocycles. The van der Waals surface area contributed by atoms with Crippen molar-refractivity contribution >= 4 is 11.8 Å². The Morgan fingerprint density at radius 3 is 2.89 bits per heavy atom. The topological polar surface area (TPSA) is 71.3 Å². The second-order valence-corrected chi connectivity index (χ2v) is 3.82. The highest BCUT2D eigenvalue weighted by Gasteiger charge is 2.17. The van der Waals surface area contributed by atoms with Crippen molar-refractivity contribution in [2.75, 3.05) is 6.54 Å². The molecule has 1 aromatic rings. The molecule has 1 rings (SSSR count). The van der Waals surface area contributed by atoms with Gasteiger partial charge in [-0.3, -0.25) is 9.59 Å². The van der Waals surface area contributed by atoms with Crippen LogP contribution in [0.2, 0.25) is 0 Å². The molecule has 0 aliphatic carbocycles. The fraction of sp³-hybridized carbons (Fsp3) is 0.385. The van der Waals surface area contributed by atoms with Crippen LogP contribution in [0.1, 0.15) is 30.8 Å². The third kappa shape index (κ3) is 4.45. The fourth-order valence-electron chi connectivity index (χ4n) is 1.34. The molecule has 1 atom stereocenters. The Morgan fingerprint density at radius 2 is 2.28 bits per heavy atom. The second kappa shape index (κ2) is 7.32. The summed E-state index contributed by atoms with van der Waals surface area (Å²) in [6.07, 6.45) is 6.08. The predicted molar refractivity (Wildman–Crippen MR) is 68.1 cm³/mol. The Labute approximate surface area is 106 Å². The van der Waals surface area contributed by atoms with Crippen molar-refractivity contribution in [3.05, 3.63) is 36.3 Å². The fourth-order valence-corrected chi connectivity index (χ4v) is 1.34. The molecule has 2 N–H and O–H groups in total. The van der Waals surface area contributed by atoms with Gasteiger partial charge in [0.2, 0.25) is 5.91 Å². The molecule has 5 heteroatoms. The Bertz CT molecular complexity index is 410. The Balaban J connectivity index is 2.33. The molecular formula is C13H18N2O3. The average molecular weight is 250 g/mol. The van der Waals surface area contributed by atoms with Crippen molar-refractivity contribution in [2.45, 2.75) is 26.3 Å². The van der Waals surface area contributed by atoms with E-state index in [2.05, 4.69) is 10.6 Å². The summed E-state index contributed by atoms with van der Waals surface area (Å²) in [7, 11) is 0. The van der Waals surface area contributed by atoms with E-state index in [4.69, 9.17) is 4.42 Å². The lowest BCUT2D eigenvalue weighted by Gasteiger charge is -2.12. The molecule has 98 valence electrons. The van der Waals surface area contributed by atoms with Gasteiger partial charge in [-0.15, -0.1) is 0 Å². The van der Waals surface area contributed by atoms with E-state index in [0.717, 1.165) is 6.42 Å². The molecule has 18 heavy (non-hydrogen) atoms. The predicted octanol–water partition coefficient (Wildman–Crippen LogP) is 1.48. The first kappa shape index (κ1) is 14.0. The summed E-state index contributed by atoms with van der Waals surface area (Å²) in [6, 6.07) is 2.58. The standard InChI is InChI=1S/C13H18N2O3/c1-3-4-5-8-14-12(16)10(2)15-13(17)11-7-6-9-18-11/h3-4,6-7,9-10H,5,8H2,1-2H3,(H,14,16)(H,15,17)/b4-3+. The minimum absolute atomic E-state index is 0.198. The van der Waals surface area contributed by atoms with Crippen LogP contribution in [0.3, 0.4) is 0 Å². The van der Waals surface area contributed by atoms with Crippen molar-refractivity contribution in [3.63, 3.8) is 0 Å². The van der Waals surface area contributed by atoms with E-state index in [1.165, 1.54) is 6.26 Å². The number of amides is 2. The number of carbonyl (C=O) groups is 2. The van der Waals surface area contributed by atoms with Gasteiger partial charge in [0.15, 0.2) is 5.76 Å². The van der Waals surface area contributed by atoms with Gasteiger partial charge < -0.3 is 15.1 Å². The smallest absolute Gasteiger partial charge is 0.287 e. The van der Waals surface area contributed by atoms with Crippen molar-refractivity contribution in [1.82, 2.24) is 10.6 Å². The van der Waals surface area contributed by atoms with E-state index in [0.29, 0.717) is 6.54 Å². The number of allylic oxidation sites excluding steroid dienone is 1. The molecule has 1 aromatic heterocycles. The lowest BCUT2D eigenvalue weighted by atomic mass is 10.3. The van der Waals surface area contributed by atoms with Crippen LogP contribution in [0.25, 0.3) is 0 Å². The van der Waals surface area contributed by atoms with Crippen LogP contribution >= 0.6 is 0 Å². The van der Waals surface area contributed by atoms with Gasteiger partial charge in [-0.1, -0.05) is 12.2 Å². The van der Waals surface area contributed by atoms with Gasteiger partial charge in [0, 0.05) is 6.54 Å². The molecule has 1 unspecified atom stereocenters. The molecule has 0 spiro atoms. The summed E-state index contributed by atoms with van der Waals surface area (Å²) >= 11 is 0. The first-order valence-electron chi connectivity index (χ1n) is 5.88. The maximum Gasteiger partial charge on any atom is 0.287 e. The highest BCUT2D eigenvalue weighted by atomic mass is 16.3. The van der Waals surface area contributed by atoms with E-state index >= 15 is 0 Å². The number of furan rings is 1. The molecule has 0 aliphatic heterocycles. The molecule has 0 radical (unpaired) electrons. The van der Waals surface area contributed by atoms with Crippen LogP contribution < -0.4 is 10.6 Å².